The van der Waals surface area contributed by atoms with Crippen LogP contribution in [-0.4, -0.2) is 17.0 Å². The van der Waals surface area contributed by atoms with Gasteiger partial charge in [0.2, 0.25) is 0 Å². The fourth-order valence-electron chi connectivity index (χ4n) is 6.79. The number of rotatable bonds is 0. The summed E-state index contributed by atoms with van der Waals surface area (Å²) in [6.45, 7) is 6.83. The lowest BCUT2D eigenvalue weighted by molar-refractivity contribution is -0.115. The molecule has 0 aliphatic heterocycles. The zero-order valence-corrected chi connectivity index (χ0v) is 14.8. The molecule has 0 heterocycles. The minimum absolute atomic E-state index is 0.114. The fraction of sp³-hybridized carbons (Fsp3) is 0.762. The first-order valence-electron chi connectivity index (χ1n) is 9.47. The summed E-state index contributed by atoms with van der Waals surface area (Å²) >= 11 is 0. The zero-order chi connectivity index (χ0) is 16.4. The molecule has 0 radical (unpaired) electrons. The first kappa shape index (κ1) is 15.6. The lowest BCUT2D eigenvalue weighted by atomic mass is 9.48. The summed E-state index contributed by atoms with van der Waals surface area (Å²) in [4.78, 5) is 12.5. The largest absolute Gasteiger partial charge is 0.393 e. The number of ketones is 1. The van der Waals surface area contributed by atoms with E-state index in [-0.39, 0.29) is 16.9 Å². The molecule has 4 aliphatic carbocycles. The summed E-state index contributed by atoms with van der Waals surface area (Å²) in [7, 11) is 0. The molecule has 6 atom stereocenters. The summed E-state index contributed by atoms with van der Waals surface area (Å²) in [5.41, 5.74) is 3.00. The van der Waals surface area contributed by atoms with Crippen molar-refractivity contribution in [2.24, 2.45) is 28.6 Å². The predicted octanol–water partition coefficient (Wildman–Crippen LogP) is 4.44. The number of aliphatic hydroxyl groups excluding tert-OH is 1. The maximum Gasteiger partial charge on any atom is 0.159 e. The predicted molar refractivity (Wildman–Crippen MR) is 91.9 cm³/mol. The minimum atomic E-state index is -0.137. The van der Waals surface area contributed by atoms with Crippen molar-refractivity contribution < 1.29 is 9.90 Å². The zero-order valence-electron chi connectivity index (χ0n) is 14.8. The van der Waals surface area contributed by atoms with E-state index in [0.717, 1.165) is 44.1 Å². The standard InChI is InChI=1S/C21H30O2/c1-4-16-19(23)12-18-15-6-5-13-11-14(22)7-9-20(13,2)17(15)8-10-21(16,18)3/h4-5,14-15,17-18,22H,6-12H2,1-3H3/b16-4+/t14-,15?,17-,18-,20?,21+/m0/s1. The highest BCUT2D eigenvalue weighted by Crippen LogP contribution is 2.65. The maximum absolute atomic E-state index is 12.5. The van der Waals surface area contributed by atoms with Gasteiger partial charge in [0.25, 0.3) is 0 Å². The molecule has 2 unspecified atom stereocenters. The second-order valence-corrected chi connectivity index (χ2v) is 8.94. The highest BCUT2D eigenvalue weighted by atomic mass is 16.3. The van der Waals surface area contributed by atoms with Gasteiger partial charge < -0.3 is 5.11 Å². The molecule has 0 aromatic carbocycles. The molecule has 0 bridgehead atoms. The smallest absolute Gasteiger partial charge is 0.159 e. The Morgan fingerprint density at radius 1 is 1.13 bits per heavy atom. The topological polar surface area (TPSA) is 37.3 Å². The van der Waals surface area contributed by atoms with Gasteiger partial charge in [0, 0.05) is 6.42 Å². The Hall–Kier alpha value is -0.890. The van der Waals surface area contributed by atoms with Crippen LogP contribution in [0.4, 0.5) is 0 Å². The molecule has 0 saturated heterocycles. The van der Waals surface area contributed by atoms with Gasteiger partial charge in [-0.15, -0.1) is 0 Å². The average Bonchev–Trinajstić information content (AvgIpc) is 2.77. The summed E-state index contributed by atoms with van der Waals surface area (Å²) in [6, 6.07) is 0. The quantitative estimate of drug-likeness (QED) is 0.530. The molecular formula is C21H30O2. The van der Waals surface area contributed by atoms with Crippen LogP contribution in [0, 0.1) is 28.6 Å². The number of allylic oxidation sites excluding steroid dienone is 3. The van der Waals surface area contributed by atoms with E-state index >= 15 is 0 Å². The Kier molecular flexibility index (Phi) is 3.43. The number of carbonyl (C=O) groups is 1. The molecule has 3 saturated carbocycles. The van der Waals surface area contributed by atoms with Crippen LogP contribution in [0.15, 0.2) is 23.3 Å². The fourth-order valence-corrected chi connectivity index (χ4v) is 6.79. The molecule has 126 valence electrons. The molecule has 4 rings (SSSR count). The van der Waals surface area contributed by atoms with Crippen LogP contribution in [0.3, 0.4) is 0 Å². The summed E-state index contributed by atoms with van der Waals surface area (Å²) in [5.74, 6) is 2.29. The highest BCUT2D eigenvalue weighted by molar-refractivity contribution is 5.99. The van der Waals surface area contributed by atoms with Gasteiger partial charge in [0.1, 0.15) is 0 Å². The molecule has 3 fully saturated rings. The van der Waals surface area contributed by atoms with E-state index in [1.54, 1.807) is 0 Å². The van der Waals surface area contributed by atoms with Crippen LogP contribution in [0.25, 0.3) is 0 Å². The molecule has 4 aliphatic rings. The Labute approximate surface area is 140 Å². The van der Waals surface area contributed by atoms with Gasteiger partial charge in [0.05, 0.1) is 6.10 Å². The van der Waals surface area contributed by atoms with Crippen LogP contribution in [0.5, 0.6) is 0 Å². The molecule has 0 amide bonds. The van der Waals surface area contributed by atoms with E-state index in [1.165, 1.54) is 12.0 Å². The van der Waals surface area contributed by atoms with Crippen molar-refractivity contribution in [3.8, 4) is 0 Å². The van der Waals surface area contributed by atoms with Crippen LogP contribution < -0.4 is 0 Å². The Balaban J connectivity index is 1.71. The van der Waals surface area contributed by atoms with E-state index in [1.807, 2.05) is 6.92 Å². The molecule has 1 N–H and O–H groups in total. The van der Waals surface area contributed by atoms with Crippen LogP contribution >= 0.6 is 0 Å². The lowest BCUT2D eigenvalue weighted by Crippen LogP contribution is -2.49. The van der Waals surface area contributed by atoms with E-state index in [4.69, 9.17) is 0 Å². The van der Waals surface area contributed by atoms with Gasteiger partial charge >= 0.3 is 0 Å². The number of fused-ring (bicyclic) bond motifs is 5. The monoisotopic (exact) mass is 314 g/mol. The summed E-state index contributed by atoms with van der Waals surface area (Å²) < 4.78 is 0. The van der Waals surface area contributed by atoms with Crippen molar-refractivity contribution in [2.45, 2.75) is 71.8 Å². The third-order valence-electron chi connectivity index (χ3n) is 8.08. The normalized spacial score (nSPS) is 51.0. The molecule has 2 heteroatoms. The van der Waals surface area contributed by atoms with E-state index in [0.29, 0.717) is 23.5 Å². The van der Waals surface area contributed by atoms with Crippen LogP contribution in [-0.2, 0) is 4.79 Å². The summed E-state index contributed by atoms with van der Waals surface area (Å²) in [6.07, 6.45) is 11.6. The van der Waals surface area contributed by atoms with Crippen LogP contribution in [0.2, 0.25) is 0 Å². The van der Waals surface area contributed by atoms with Gasteiger partial charge in [-0.05, 0) is 79.6 Å². The van der Waals surface area contributed by atoms with Crippen molar-refractivity contribution in [1.29, 1.82) is 0 Å². The molecule has 2 nitrogen and oxygen atoms in total. The van der Waals surface area contributed by atoms with Gasteiger partial charge in [-0.3, -0.25) is 4.79 Å². The van der Waals surface area contributed by atoms with Gasteiger partial charge in [0.15, 0.2) is 5.78 Å². The number of carbonyl (C=O) groups excluding carboxylic acids is 1. The molecule has 0 aromatic heterocycles. The second kappa shape index (κ2) is 5.05. The van der Waals surface area contributed by atoms with Crippen molar-refractivity contribution >= 4 is 5.78 Å². The van der Waals surface area contributed by atoms with Crippen molar-refractivity contribution in [3.05, 3.63) is 23.3 Å². The maximum atomic E-state index is 12.5. The van der Waals surface area contributed by atoms with E-state index in [9.17, 15) is 9.90 Å². The number of Topliss-reactive ketones (excluding diaryl/α,β-unsaturated/α-hetero) is 1. The summed E-state index contributed by atoms with van der Waals surface area (Å²) in [5, 5.41) is 10.1. The molecular weight excluding hydrogens is 284 g/mol. The molecule has 23 heavy (non-hydrogen) atoms. The molecule has 0 aromatic rings. The molecule has 0 spiro atoms. The average molecular weight is 314 g/mol. The van der Waals surface area contributed by atoms with Crippen LogP contribution in [0.1, 0.15) is 65.7 Å². The Bertz CT molecular complexity index is 601. The minimum Gasteiger partial charge on any atom is -0.393 e. The number of hydrogen-bond donors (Lipinski definition) is 1. The van der Waals surface area contributed by atoms with Gasteiger partial charge in [-0.1, -0.05) is 31.6 Å². The van der Waals surface area contributed by atoms with E-state index < -0.39 is 0 Å². The van der Waals surface area contributed by atoms with Crippen molar-refractivity contribution in [3.63, 3.8) is 0 Å². The van der Waals surface area contributed by atoms with Gasteiger partial charge in [-0.2, -0.15) is 0 Å². The van der Waals surface area contributed by atoms with E-state index in [2.05, 4.69) is 26.0 Å². The third-order valence-corrected chi connectivity index (χ3v) is 8.08. The number of aliphatic hydroxyl groups is 1. The van der Waals surface area contributed by atoms with Gasteiger partial charge in [-0.25, -0.2) is 0 Å². The first-order valence-corrected chi connectivity index (χ1v) is 9.47. The second-order valence-electron chi connectivity index (χ2n) is 8.94. The highest BCUT2D eigenvalue weighted by Gasteiger charge is 2.59. The number of hydrogen-bond acceptors (Lipinski definition) is 2. The first-order chi connectivity index (χ1) is 10.9. The SMILES string of the molecule is C/C=C1\C(=O)C[C@H]2C3CC=C4C[C@@H](O)CCC4(C)[C@H]3CC[C@]12C. The van der Waals surface area contributed by atoms with Crippen molar-refractivity contribution in [1.82, 2.24) is 0 Å². The lowest BCUT2D eigenvalue weighted by Gasteiger charge is -2.57. The third kappa shape index (κ3) is 2.00. The Morgan fingerprint density at radius 3 is 2.61 bits per heavy atom. The Morgan fingerprint density at radius 2 is 1.87 bits per heavy atom. The van der Waals surface area contributed by atoms with Crippen molar-refractivity contribution in [2.75, 3.05) is 0 Å².